The maximum atomic E-state index is 12.2. The molecule has 0 atom stereocenters. The lowest BCUT2D eigenvalue weighted by atomic mass is 10.3. The van der Waals surface area contributed by atoms with Crippen LogP contribution < -0.4 is 9.37 Å². The van der Waals surface area contributed by atoms with E-state index in [0.717, 1.165) is 5.19 Å². The van der Waals surface area contributed by atoms with Crippen LogP contribution >= 0.6 is 0 Å². The summed E-state index contributed by atoms with van der Waals surface area (Å²) in [5, 5.41) is 1.02. The van der Waals surface area contributed by atoms with E-state index in [1.807, 2.05) is 12.1 Å². The number of hydrogen-bond donors (Lipinski definition) is 0. The highest BCUT2D eigenvalue weighted by Crippen LogP contribution is 2.17. The summed E-state index contributed by atoms with van der Waals surface area (Å²) in [6.07, 6.45) is 0. The normalized spacial score (nSPS) is 12.7. The quantitative estimate of drug-likeness (QED) is 0.757. The first kappa shape index (κ1) is 16.2. The van der Waals surface area contributed by atoms with Crippen molar-refractivity contribution in [3.05, 3.63) is 24.3 Å². The number of rotatable bonds is 6. The van der Waals surface area contributed by atoms with Crippen molar-refractivity contribution in [1.82, 2.24) is 4.31 Å². The van der Waals surface area contributed by atoms with Crippen LogP contribution in [-0.4, -0.2) is 33.9 Å². The first-order valence-electron chi connectivity index (χ1n) is 6.51. The molecular formula is C13H23NO3SSi. The fraction of sp³-hybridized carbons (Fsp3) is 0.538. The molecule has 1 aromatic carbocycles. The van der Waals surface area contributed by atoms with E-state index in [-0.39, 0.29) is 0 Å². The summed E-state index contributed by atoms with van der Waals surface area (Å²) in [5.74, 6) is 0.466. The number of benzene rings is 1. The van der Waals surface area contributed by atoms with Crippen molar-refractivity contribution < 1.29 is 12.6 Å². The zero-order valence-corrected chi connectivity index (χ0v) is 14.1. The van der Waals surface area contributed by atoms with E-state index in [9.17, 15) is 8.42 Å². The van der Waals surface area contributed by atoms with E-state index >= 15 is 0 Å². The van der Waals surface area contributed by atoms with Crippen molar-refractivity contribution in [2.24, 2.45) is 0 Å². The standard InChI is InChI=1S/C13H23NO3SSi/c1-6-14(7-2)18(15,16)17-12-10-8-9-11-13(12)19(3,4)5/h8-11H,6-7H2,1-5H3. The summed E-state index contributed by atoms with van der Waals surface area (Å²) in [5.41, 5.74) is 0. The van der Waals surface area contributed by atoms with E-state index in [0.29, 0.717) is 18.8 Å². The number of hydrogen-bond acceptors (Lipinski definition) is 3. The molecule has 0 aromatic heterocycles. The summed E-state index contributed by atoms with van der Waals surface area (Å²) in [7, 11) is -5.34. The van der Waals surface area contributed by atoms with Gasteiger partial charge < -0.3 is 4.18 Å². The van der Waals surface area contributed by atoms with E-state index in [1.54, 1.807) is 26.0 Å². The van der Waals surface area contributed by atoms with Gasteiger partial charge in [-0.05, 0) is 11.3 Å². The minimum Gasteiger partial charge on any atom is -0.371 e. The highest BCUT2D eigenvalue weighted by atomic mass is 32.2. The second kappa shape index (κ2) is 6.07. The molecule has 0 aliphatic carbocycles. The minimum absolute atomic E-state index is 0.411. The fourth-order valence-electron chi connectivity index (χ4n) is 1.86. The Balaban J connectivity index is 3.14. The highest BCUT2D eigenvalue weighted by molar-refractivity contribution is 7.84. The molecule has 0 spiro atoms. The van der Waals surface area contributed by atoms with Gasteiger partial charge in [0, 0.05) is 13.1 Å². The van der Waals surface area contributed by atoms with Crippen LogP contribution in [0.2, 0.25) is 19.6 Å². The molecule has 1 rings (SSSR count). The smallest absolute Gasteiger partial charge is 0.371 e. The first-order chi connectivity index (χ1) is 8.72. The Hall–Kier alpha value is -0.853. The van der Waals surface area contributed by atoms with E-state index < -0.39 is 18.4 Å². The molecule has 0 bridgehead atoms. The minimum atomic E-state index is -3.70. The van der Waals surface area contributed by atoms with E-state index in [2.05, 4.69) is 19.6 Å². The SMILES string of the molecule is CCN(CC)S(=O)(=O)Oc1ccccc1[Si](C)(C)C. The highest BCUT2D eigenvalue weighted by Gasteiger charge is 2.26. The lowest BCUT2D eigenvalue weighted by Crippen LogP contribution is -2.41. The van der Waals surface area contributed by atoms with Crippen molar-refractivity contribution in [3.63, 3.8) is 0 Å². The largest absolute Gasteiger partial charge is 0.385 e. The Morgan fingerprint density at radius 1 is 1.11 bits per heavy atom. The van der Waals surface area contributed by atoms with Crippen molar-refractivity contribution in [2.45, 2.75) is 33.5 Å². The zero-order chi connectivity index (χ0) is 14.7. The van der Waals surface area contributed by atoms with Gasteiger partial charge in [0.1, 0.15) is 5.75 Å². The topological polar surface area (TPSA) is 46.6 Å². The van der Waals surface area contributed by atoms with Crippen molar-refractivity contribution >= 4 is 23.6 Å². The van der Waals surface area contributed by atoms with Crippen LogP contribution in [0.5, 0.6) is 5.75 Å². The second-order valence-electron chi connectivity index (χ2n) is 5.37. The van der Waals surface area contributed by atoms with Crippen LogP contribution in [-0.2, 0) is 10.3 Å². The zero-order valence-electron chi connectivity index (χ0n) is 12.3. The Morgan fingerprint density at radius 3 is 2.11 bits per heavy atom. The second-order valence-corrected chi connectivity index (χ2v) is 11.9. The van der Waals surface area contributed by atoms with E-state index in [4.69, 9.17) is 4.18 Å². The summed E-state index contributed by atoms with van der Waals surface area (Å²) in [6, 6.07) is 7.41. The molecule has 108 valence electrons. The van der Waals surface area contributed by atoms with Gasteiger partial charge in [0.25, 0.3) is 0 Å². The van der Waals surface area contributed by atoms with Crippen LogP contribution in [0.25, 0.3) is 0 Å². The van der Waals surface area contributed by atoms with Crippen molar-refractivity contribution in [3.8, 4) is 5.75 Å². The van der Waals surface area contributed by atoms with Gasteiger partial charge >= 0.3 is 10.3 Å². The lowest BCUT2D eigenvalue weighted by molar-refractivity contribution is 0.377. The third-order valence-corrected chi connectivity index (χ3v) is 6.48. The molecule has 0 saturated heterocycles. The van der Waals surface area contributed by atoms with Crippen molar-refractivity contribution in [2.75, 3.05) is 13.1 Å². The summed E-state index contributed by atoms with van der Waals surface area (Å²) in [4.78, 5) is 0. The molecule has 0 aliphatic heterocycles. The molecule has 0 unspecified atom stereocenters. The van der Waals surface area contributed by atoms with Crippen LogP contribution in [0, 0.1) is 0 Å². The van der Waals surface area contributed by atoms with Gasteiger partial charge in [-0.15, -0.1) is 0 Å². The first-order valence-corrected chi connectivity index (χ1v) is 11.4. The molecular weight excluding hydrogens is 278 g/mol. The third kappa shape index (κ3) is 4.06. The average molecular weight is 301 g/mol. The van der Waals surface area contributed by atoms with Gasteiger partial charge in [-0.3, -0.25) is 0 Å². The van der Waals surface area contributed by atoms with Gasteiger partial charge in [0.05, 0.1) is 8.07 Å². The van der Waals surface area contributed by atoms with Crippen LogP contribution in [0.3, 0.4) is 0 Å². The predicted molar refractivity (Wildman–Crippen MR) is 81.9 cm³/mol. The molecule has 6 heteroatoms. The molecule has 4 nitrogen and oxygen atoms in total. The maximum absolute atomic E-state index is 12.2. The summed E-state index contributed by atoms with van der Waals surface area (Å²) < 4.78 is 31.0. The van der Waals surface area contributed by atoms with Gasteiger partial charge in [-0.1, -0.05) is 51.7 Å². The Labute approximate surface area is 117 Å². The molecule has 1 aromatic rings. The third-order valence-electron chi connectivity index (χ3n) is 2.91. The van der Waals surface area contributed by atoms with Gasteiger partial charge in [-0.2, -0.15) is 12.7 Å². The molecule has 0 fully saturated rings. The lowest BCUT2D eigenvalue weighted by Gasteiger charge is -2.23. The molecule has 0 N–H and O–H groups in total. The molecule has 0 saturated carbocycles. The average Bonchev–Trinajstić information content (AvgIpc) is 2.28. The van der Waals surface area contributed by atoms with Crippen LogP contribution in [0.15, 0.2) is 24.3 Å². The predicted octanol–water partition coefficient (Wildman–Crippen LogP) is 2.20. The number of nitrogens with zero attached hydrogens (tertiary/aromatic N) is 1. The molecule has 19 heavy (non-hydrogen) atoms. The summed E-state index contributed by atoms with van der Waals surface area (Å²) >= 11 is 0. The van der Waals surface area contributed by atoms with Crippen LogP contribution in [0.4, 0.5) is 0 Å². The fourth-order valence-corrected chi connectivity index (χ4v) is 4.52. The number of para-hydroxylation sites is 1. The monoisotopic (exact) mass is 301 g/mol. The maximum Gasteiger partial charge on any atom is 0.385 e. The molecule has 0 amide bonds. The molecule has 0 aliphatic rings. The van der Waals surface area contributed by atoms with Crippen LogP contribution in [0.1, 0.15) is 13.8 Å². The van der Waals surface area contributed by atoms with Gasteiger partial charge in [0.15, 0.2) is 0 Å². The summed E-state index contributed by atoms with van der Waals surface area (Å²) in [6.45, 7) is 10.9. The Kier molecular flexibility index (Phi) is 5.17. The van der Waals surface area contributed by atoms with Gasteiger partial charge in [0.2, 0.25) is 0 Å². The van der Waals surface area contributed by atoms with Crippen molar-refractivity contribution in [1.29, 1.82) is 0 Å². The molecule has 0 radical (unpaired) electrons. The Bertz CT molecular complexity index is 519. The Morgan fingerprint density at radius 2 is 1.63 bits per heavy atom. The van der Waals surface area contributed by atoms with E-state index in [1.165, 1.54) is 4.31 Å². The van der Waals surface area contributed by atoms with Gasteiger partial charge in [-0.25, -0.2) is 0 Å². The molecule has 0 heterocycles.